The van der Waals surface area contributed by atoms with Crippen LogP contribution in [0, 0.1) is 0 Å². The van der Waals surface area contributed by atoms with Crippen LogP contribution in [0.3, 0.4) is 0 Å². The summed E-state index contributed by atoms with van der Waals surface area (Å²) in [5.74, 6) is 1.85. The number of ether oxygens (including phenoxy) is 1. The van der Waals surface area contributed by atoms with Gasteiger partial charge in [-0.1, -0.05) is 35.9 Å². The lowest BCUT2D eigenvalue weighted by Crippen LogP contribution is -2.13. The van der Waals surface area contributed by atoms with Gasteiger partial charge in [-0.2, -0.15) is 5.10 Å². The van der Waals surface area contributed by atoms with Crippen molar-refractivity contribution in [1.82, 2.24) is 15.2 Å². The number of halogens is 1. The molecule has 1 unspecified atom stereocenters. The first-order chi connectivity index (χ1) is 10.7. The second-order valence-electron chi connectivity index (χ2n) is 4.78. The fourth-order valence-electron chi connectivity index (χ4n) is 2.17. The molecule has 1 heterocycles. The number of hydrogen-bond acceptors (Lipinski definition) is 4. The number of hydrogen-bond donors (Lipinski definition) is 2. The Morgan fingerprint density at radius 2 is 2.00 bits per heavy atom. The number of benzene rings is 2. The fraction of sp³-hybridized carbons (Fsp3) is 0.125. The number of aromatic nitrogens is 3. The third-order valence-electron chi connectivity index (χ3n) is 3.36. The van der Waals surface area contributed by atoms with Crippen LogP contribution in [-0.2, 0) is 0 Å². The van der Waals surface area contributed by atoms with Crippen molar-refractivity contribution in [3.8, 4) is 17.1 Å². The molecule has 3 N–H and O–H groups in total. The van der Waals surface area contributed by atoms with Crippen molar-refractivity contribution in [2.45, 2.75) is 6.04 Å². The van der Waals surface area contributed by atoms with Gasteiger partial charge in [-0.15, -0.1) is 0 Å². The molecule has 0 saturated heterocycles. The molecule has 0 radical (unpaired) electrons. The number of nitrogens with one attached hydrogen (secondary N) is 1. The molecular weight excluding hydrogens is 300 g/mol. The quantitative estimate of drug-likeness (QED) is 0.775. The van der Waals surface area contributed by atoms with Gasteiger partial charge in [0.25, 0.3) is 0 Å². The number of H-pyrrole nitrogens is 1. The highest BCUT2D eigenvalue weighted by Crippen LogP contribution is 2.26. The lowest BCUT2D eigenvalue weighted by Gasteiger charge is -2.09. The molecule has 0 aliphatic rings. The predicted octanol–water partition coefficient (Wildman–Crippen LogP) is 3.18. The van der Waals surface area contributed by atoms with Gasteiger partial charge in [-0.05, 0) is 29.8 Å². The van der Waals surface area contributed by atoms with Gasteiger partial charge in [-0.25, -0.2) is 4.98 Å². The van der Waals surface area contributed by atoms with Gasteiger partial charge >= 0.3 is 0 Å². The van der Waals surface area contributed by atoms with Crippen LogP contribution in [0.1, 0.15) is 17.4 Å². The first kappa shape index (κ1) is 14.6. The van der Waals surface area contributed by atoms with Crippen molar-refractivity contribution in [1.29, 1.82) is 0 Å². The zero-order valence-corrected chi connectivity index (χ0v) is 12.7. The van der Waals surface area contributed by atoms with E-state index < -0.39 is 6.04 Å². The van der Waals surface area contributed by atoms with Gasteiger partial charge < -0.3 is 10.5 Å². The SMILES string of the molecule is COc1cccc(C(N)c2nc(-c3ccccc3Cl)n[nH]2)c1. The summed E-state index contributed by atoms with van der Waals surface area (Å²) in [6.07, 6.45) is 0. The molecule has 112 valence electrons. The fourth-order valence-corrected chi connectivity index (χ4v) is 2.39. The Hall–Kier alpha value is -2.37. The van der Waals surface area contributed by atoms with Crippen molar-refractivity contribution >= 4 is 11.6 Å². The Bertz CT molecular complexity index is 787. The molecule has 22 heavy (non-hydrogen) atoms. The van der Waals surface area contributed by atoms with Crippen LogP contribution in [0.2, 0.25) is 5.02 Å². The smallest absolute Gasteiger partial charge is 0.182 e. The van der Waals surface area contributed by atoms with Crippen LogP contribution in [0.25, 0.3) is 11.4 Å². The summed E-state index contributed by atoms with van der Waals surface area (Å²) in [4.78, 5) is 4.46. The molecule has 5 nitrogen and oxygen atoms in total. The lowest BCUT2D eigenvalue weighted by molar-refractivity contribution is 0.414. The summed E-state index contributed by atoms with van der Waals surface area (Å²) in [5.41, 5.74) is 7.91. The molecule has 0 bridgehead atoms. The first-order valence-electron chi connectivity index (χ1n) is 6.76. The summed E-state index contributed by atoms with van der Waals surface area (Å²) in [7, 11) is 1.62. The minimum atomic E-state index is -0.418. The van der Waals surface area contributed by atoms with Gasteiger partial charge in [0.05, 0.1) is 18.2 Å². The van der Waals surface area contributed by atoms with Gasteiger partial charge in [-0.3, -0.25) is 5.10 Å². The van der Waals surface area contributed by atoms with E-state index in [1.807, 2.05) is 42.5 Å². The molecular formula is C16H15ClN4O. The van der Waals surface area contributed by atoms with Crippen LogP contribution >= 0.6 is 11.6 Å². The number of rotatable bonds is 4. The van der Waals surface area contributed by atoms with Gasteiger partial charge in [0.2, 0.25) is 0 Å². The van der Waals surface area contributed by atoms with Crippen molar-refractivity contribution in [2.75, 3.05) is 7.11 Å². The number of nitrogens with two attached hydrogens (primary N) is 1. The van der Waals surface area contributed by atoms with E-state index in [2.05, 4.69) is 15.2 Å². The van der Waals surface area contributed by atoms with Crippen molar-refractivity contribution in [3.05, 3.63) is 64.9 Å². The molecule has 0 amide bonds. The largest absolute Gasteiger partial charge is 0.497 e. The molecule has 0 aliphatic heterocycles. The number of aromatic amines is 1. The third kappa shape index (κ3) is 2.81. The molecule has 6 heteroatoms. The number of methoxy groups -OCH3 is 1. The summed E-state index contributed by atoms with van der Waals surface area (Å²) < 4.78 is 5.21. The van der Waals surface area contributed by atoms with Crippen LogP contribution in [0.15, 0.2) is 48.5 Å². The van der Waals surface area contributed by atoms with Crippen LogP contribution in [-0.4, -0.2) is 22.3 Å². The van der Waals surface area contributed by atoms with E-state index >= 15 is 0 Å². The normalized spacial score (nSPS) is 12.1. The molecule has 1 aromatic heterocycles. The summed E-state index contributed by atoms with van der Waals surface area (Å²) in [6.45, 7) is 0. The maximum atomic E-state index is 6.25. The maximum absolute atomic E-state index is 6.25. The molecule has 3 rings (SSSR count). The molecule has 0 fully saturated rings. The molecule has 1 atom stereocenters. The minimum Gasteiger partial charge on any atom is -0.497 e. The van der Waals surface area contributed by atoms with E-state index in [-0.39, 0.29) is 0 Å². The topological polar surface area (TPSA) is 76.8 Å². The van der Waals surface area contributed by atoms with Crippen molar-refractivity contribution in [2.24, 2.45) is 5.73 Å². The third-order valence-corrected chi connectivity index (χ3v) is 3.69. The monoisotopic (exact) mass is 314 g/mol. The van der Waals surface area contributed by atoms with Crippen molar-refractivity contribution < 1.29 is 4.74 Å². The molecule has 2 aromatic carbocycles. The lowest BCUT2D eigenvalue weighted by atomic mass is 10.1. The van der Waals surface area contributed by atoms with E-state index in [0.29, 0.717) is 16.7 Å². The summed E-state index contributed by atoms with van der Waals surface area (Å²) >= 11 is 6.16. The van der Waals surface area contributed by atoms with Crippen LogP contribution in [0.5, 0.6) is 5.75 Å². The zero-order chi connectivity index (χ0) is 15.5. The zero-order valence-electron chi connectivity index (χ0n) is 12.0. The standard InChI is InChI=1S/C16H15ClN4O/c1-22-11-6-4-5-10(9-11)14(18)16-19-15(20-21-16)12-7-2-3-8-13(12)17/h2-9,14H,18H2,1H3,(H,19,20,21). The maximum Gasteiger partial charge on any atom is 0.182 e. The summed E-state index contributed by atoms with van der Waals surface area (Å²) in [5, 5.41) is 7.69. The average Bonchev–Trinajstić information content (AvgIpc) is 3.04. The second-order valence-corrected chi connectivity index (χ2v) is 5.19. The van der Waals surface area contributed by atoms with Crippen LogP contribution in [0.4, 0.5) is 0 Å². The Morgan fingerprint density at radius 3 is 2.77 bits per heavy atom. The minimum absolute atomic E-state index is 0.418. The molecule has 0 aliphatic carbocycles. The second kappa shape index (κ2) is 6.17. The Kier molecular flexibility index (Phi) is 4.09. The van der Waals surface area contributed by atoms with E-state index in [9.17, 15) is 0 Å². The molecule has 0 saturated carbocycles. The Balaban J connectivity index is 1.91. The highest BCUT2D eigenvalue weighted by Gasteiger charge is 2.16. The molecule has 0 spiro atoms. The van der Waals surface area contributed by atoms with E-state index in [4.69, 9.17) is 22.1 Å². The van der Waals surface area contributed by atoms with E-state index in [1.54, 1.807) is 13.2 Å². The van der Waals surface area contributed by atoms with Crippen LogP contribution < -0.4 is 10.5 Å². The predicted molar refractivity (Wildman–Crippen MR) is 85.9 cm³/mol. The Morgan fingerprint density at radius 1 is 1.18 bits per heavy atom. The first-order valence-corrected chi connectivity index (χ1v) is 7.13. The van der Waals surface area contributed by atoms with E-state index in [0.717, 1.165) is 16.9 Å². The average molecular weight is 315 g/mol. The van der Waals surface area contributed by atoms with Crippen molar-refractivity contribution in [3.63, 3.8) is 0 Å². The Labute approximate surface area is 133 Å². The summed E-state index contributed by atoms with van der Waals surface area (Å²) in [6, 6.07) is 14.6. The number of nitrogens with zero attached hydrogens (tertiary/aromatic N) is 2. The highest BCUT2D eigenvalue weighted by atomic mass is 35.5. The van der Waals surface area contributed by atoms with Gasteiger partial charge in [0, 0.05) is 5.56 Å². The van der Waals surface area contributed by atoms with Gasteiger partial charge in [0.15, 0.2) is 5.82 Å². The van der Waals surface area contributed by atoms with E-state index in [1.165, 1.54) is 0 Å². The molecule has 3 aromatic rings. The van der Waals surface area contributed by atoms with Gasteiger partial charge in [0.1, 0.15) is 11.6 Å². The highest BCUT2D eigenvalue weighted by molar-refractivity contribution is 6.33.